The number of allylic oxidation sites excluding steroid dienone is 2. The van der Waals surface area contributed by atoms with Crippen molar-refractivity contribution in [2.75, 3.05) is 19.6 Å². The van der Waals surface area contributed by atoms with E-state index in [1.54, 1.807) is 0 Å². The maximum atomic E-state index is 14.9. The zero-order chi connectivity index (χ0) is 40.3. The molecule has 1 saturated carbocycles. The van der Waals surface area contributed by atoms with Crippen LogP contribution >= 0.6 is 0 Å². The number of likely N-dealkylation sites (tertiary alicyclic amines) is 1. The van der Waals surface area contributed by atoms with Gasteiger partial charge in [-0.3, -0.25) is 9.59 Å². The fourth-order valence-electron chi connectivity index (χ4n) is 9.67. The third kappa shape index (κ3) is 23.9. The topological polar surface area (TPSA) is 52.7 Å². The van der Waals surface area contributed by atoms with E-state index in [1.807, 2.05) is 0 Å². The maximum Gasteiger partial charge on any atom is 0.243 e. The van der Waals surface area contributed by atoms with E-state index in [2.05, 4.69) is 55.0 Å². The van der Waals surface area contributed by atoms with Gasteiger partial charge in [0.25, 0.3) is 0 Å². The van der Waals surface area contributed by atoms with Gasteiger partial charge in [0.05, 0.1) is 0 Å². The molecule has 1 saturated heterocycles. The molecule has 2 amide bonds. The molecule has 5 heteroatoms. The largest absolute Gasteiger partial charge is 0.352 e. The van der Waals surface area contributed by atoms with Crippen LogP contribution in [0.3, 0.4) is 0 Å². The molecule has 56 heavy (non-hydrogen) atoms. The fraction of sp³-hybridized carbons (Fsp3) is 0.922. The Kier molecular flexibility index (Phi) is 32.3. The van der Waals surface area contributed by atoms with Crippen molar-refractivity contribution in [2.45, 2.75) is 277 Å². The van der Waals surface area contributed by atoms with Crippen LogP contribution in [0.1, 0.15) is 259 Å². The van der Waals surface area contributed by atoms with Crippen molar-refractivity contribution in [3.05, 3.63) is 12.2 Å². The van der Waals surface area contributed by atoms with Gasteiger partial charge in [-0.25, -0.2) is 0 Å². The predicted octanol–water partition coefficient (Wildman–Crippen LogP) is 14.7. The summed E-state index contributed by atoms with van der Waals surface area (Å²) in [6, 6.07) is 0.120. The third-order valence-corrected chi connectivity index (χ3v) is 13.4. The second kappa shape index (κ2) is 35.6. The van der Waals surface area contributed by atoms with Crippen molar-refractivity contribution in [3.63, 3.8) is 0 Å². The van der Waals surface area contributed by atoms with E-state index in [9.17, 15) is 9.59 Å². The molecule has 0 spiro atoms. The van der Waals surface area contributed by atoms with Crippen LogP contribution in [-0.2, 0) is 9.59 Å². The van der Waals surface area contributed by atoms with Gasteiger partial charge < -0.3 is 15.1 Å². The van der Waals surface area contributed by atoms with Crippen LogP contribution in [0.4, 0.5) is 0 Å². The molecule has 1 aliphatic heterocycles. The van der Waals surface area contributed by atoms with Gasteiger partial charge in [-0.05, 0) is 96.2 Å². The van der Waals surface area contributed by atoms with Crippen LogP contribution in [0, 0.1) is 5.92 Å². The Morgan fingerprint density at radius 3 is 1.52 bits per heavy atom. The monoisotopic (exact) mass is 784 g/mol. The van der Waals surface area contributed by atoms with E-state index in [1.165, 1.54) is 173 Å². The molecule has 1 aliphatic carbocycles. The molecule has 1 atom stereocenters. The predicted molar refractivity (Wildman–Crippen MR) is 244 cm³/mol. The lowest BCUT2D eigenvalue weighted by Crippen LogP contribution is -2.59. The normalized spacial score (nSPS) is 16.8. The molecule has 1 heterocycles. The summed E-state index contributed by atoms with van der Waals surface area (Å²) in [5.74, 6) is 0.714. The Balaban J connectivity index is 2.22. The number of unbranched alkanes of at least 4 members (excludes halogenated alkanes) is 21. The molecule has 0 radical (unpaired) electrons. The van der Waals surface area contributed by atoms with Gasteiger partial charge in [0.1, 0.15) is 6.04 Å². The van der Waals surface area contributed by atoms with E-state index in [4.69, 9.17) is 0 Å². The summed E-state index contributed by atoms with van der Waals surface area (Å²) < 4.78 is 0. The molecule has 2 aliphatic rings. The van der Waals surface area contributed by atoms with Crippen molar-refractivity contribution in [3.8, 4) is 0 Å². The zero-order valence-electron chi connectivity index (χ0n) is 38.3. The average molecular weight is 784 g/mol. The summed E-state index contributed by atoms with van der Waals surface area (Å²) in [6.45, 7) is 12.3. The SMILES string of the molecule is CCCCCC/C=C\CCCCCCCC(=O)N(C(CCCCCCCCC)CCCCCCCCC)C(C(=O)NC1CCCCCC1)C1CCN(CC)CC1. The van der Waals surface area contributed by atoms with Gasteiger partial charge in [-0.15, -0.1) is 0 Å². The standard InChI is InChI=1S/C51H97N3O2/c1-5-9-12-15-18-19-20-21-22-23-26-29-36-41-49(55)54(48(39-34-27-24-16-13-10-6-2)40-35-28-25-17-14-11-7-3)50(46-42-44-53(8-4)45-43-46)51(56)52-47-37-32-30-31-33-38-47/h19-20,46-48,50H,5-18,21-45H2,1-4H3,(H,52,56)/b20-19-. The summed E-state index contributed by atoms with van der Waals surface area (Å²) in [6.07, 6.45) is 48.3. The first-order chi connectivity index (χ1) is 27.5. The lowest BCUT2D eigenvalue weighted by molar-refractivity contribution is -0.147. The third-order valence-electron chi connectivity index (χ3n) is 13.4. The Bertz CT molecular complexity index is 917. The lowest BCUT2D eigenvalue weighted by Gasteiger charge is -2.44. The second-order valence-corrected chi connectivity index (χ2v) is 18.3. The van der Waals surface area contributed by atoms with Crippen molar-refractivity contribution >= 4 is 11.8 Å². The number of piperidine rings is 1. The summed E-state index contributed by atoms with van der Waals surface area (Å²) in [4.78, 5) is 34.6. The number of hydrogen-bond acceptors (Lipinski definition) is 3. The first-order valence-electron chi connectivity index (χ1n) is 25.5. The summed E-state index contributed by atoms with van der Waals surface area (Å²) >= 11 is 0. The van der Waals surface area contributed by atoms with Crippen molar-refractivity contribution < 1.29 is 9.59 Å². The fourth-order valence-corrected chi connectivity index (χ4v) is 9.67. The molecule has 1 unspecified atom stereocenters. The number of carbonyl (C=O) groups is 2. The van der Waals surface area contributed by atoms with Crippen LogP contribution in [-0.4, -0.2) is 59.4 Å². The molecule has 1 N–H and O–H groups in total. The maximum absolute atomic E-state index is 14.9. The molecule has 2 fully saturated rings. The number of amides is 2. The van der Waals surface area contributed by atoms with Crippen molar-refractivity contribution in [1.82, 2.24) is 15.1 Å². The summed E-state index contributed by atoms with van der Waals surface area (Å²) in [7, 11) is 0. The Morgan fingerprint density at radius 2 is 1.02 bits per heavy atom. The molecule has 0 aromatic carbocycles. The number of nitrogens with one attached hydrogen (secondary N) is 1. The molecule has 5 nitrogen and oxygen atoms in total. The zero-order valence-corrected chi connectivity index (χ0v) is 38.3. The van der Waals surface area contributed by atoms with Gasteiger partial charge in [0.2, 0.25) is 11.8 Å². The van der Waals surface area contributed by atoms with E-state index in [-0.39, 0.29) is 35.9 Å². The minimum absolute atomic E-state index is 0.177. The minimum atomic E-state index is -0.322. The van der Waals surface area contributed by atoms with Gasteiger partial charge in [-0.1, -0.05) is 194 Å². The molecular formula is C51H97N3O2. The Labute approximate surface area is 350 Å². The number of nitrogens with zero attached hydrogens (tertiary/aromatic N) is 2. The Hall–Kier alpha value is -1.36. The van der Waals surface area contributed by atoms with Crippen LogP contribution in [0.5, 0.6) is 0 Å². The molecule has 0 aromatic rings. The Morgan fingerprint density at radius 1 is 0.571 bits per heavy atom. The second-order valence-electron chi connectivity index (χ2n) is 18.3. The van der Waals surface area contributed by atoms with Crippen LogP contribution in [0.15, 0.2) is 12.2 Å². The molecular weight excluding hydrogens is 687 g/mol. The van der Waals surface area contributed by atoms with E-state index in [0.717, 1.165) is 71.0 Å². The van der Waals surface area contributed by atoms with Crippen LogP contribution in [0.2, 0.25) is 0 Å². The van der Waals surface area contributed by atoms with Gasteiger partial charge >= 0.3 is 0 Å². The first-order valence-corrected chi connectivity index (χ1v) is 25.5. The van der Waals surface area contributed by atoms with Crippen molar-refractivity contribution in [1.29, 1.82) is 0 Å². The highest BCUT2D eigenvalue weighted by Gasteiger charge is 2.41. The van der Waals surface area contributed by atoms with E-state index >= 15 is 0 Å². The quantitative estimate of drug-likeness (QED) is 0.0396. The minimum Gasteiger partial charge on any atom is -0.352 e. The summed E-state index contributed by atoms with van der Waals surface area (Å²) in [5, 5.41) is 3.63. The molecule has 2 rings (SSSR count). The number of carbonyl (C=O) groups excluding carboxylic acids is 2. The highest BCUT2D eigenvalue weighted by Crippen LogP contribution is 2.31. The number of hydrogen-bond donors (Lipinski definition) is 1. The highest BCUT2D eigenvalue weighted by molar-refractivity contribution is 5.88. The van der Waals surface area contributed by atoms with E-state index in [0.29, 0.717) is 6.42 Å². The summed E-state index contributed by atoms with van der Waals surface area (Å²) in [5.41, 5.74) is 0. The smallest absolute Gasteiger partial charge is 0.243 e. The highest BCUT2D eigenvalue weighted by atomic mass is 16.2. The van der Waals surface area contributed by atoms with Crippen LogP contribution < -0.4 is 5.32 Å². The first kappa shape index (κ1) is 50.8. The molecule has 0 bridgehead atoms. The molecule has 328 valence electrons. The van der Waals surface area contributed by atoms with Gasteiger partial charge in [-0.2, -0.15) is 0 Å². The lowest BCUT2D eigenvalue weighted by atomic mass is 9.85. The van der Waals surface area contributed by atoms with Gasteiger partial charge in [0.15, 0.2) is 0 Å². The van der Waals surface area contributed by atoms with E-state index < -0.39 is 0 Å². The molecule has 0 aromatic heterocycles. The van der Waals surface area contributed by atoms with Crippen molar-refractivity contribution in [2.24, 2.45) is 5.92 Å². The average Bonchev–Trinajstić information content (AvgIpc) is 3.48. The van der Waals surface area contributed by atoms with Gasteiger partial charge in [0, 0.05) is 18.5 Å². The number of rotatable bonds is 35. The van der Waals surface area contributed by atoms with Crippen LogP contribution in [0.25, 0.3) is 0 Å².